The molecule has 1 aliphatic rings. The summed E-state index contributed by atoms with van der Waals surface area (Å²) in [5, 5.41) is 16.9. The molecule has 0 spiro atoms. The summed E-state index contributed by atoms with van der Waals surface area (Å²) in [5.41, 5.74) is 0.137. The summed E-state index contributed by atoms with van der Waals surface area (Å²) in [6.45, 7) is 0.768. The highest BCUT2D eigenvalue weighted by Crippen LogP contribution is 2.33. The van der Waals surface area contributed by atoms with Crippen molar-refractivity contribution in [2.75, 3.05) is 18.4 Å². The molecule has 0 atom stereocenters. The van der Waals surface area contributed by atoms with E-state index < -0.39 is 4.92 Å². The Morgan fingerprint density at radius 1 is 1.30 bits per heavy atom. The first-order chi connectivity index (χ1) is 9.49. The van der Waals surface area contributed by atoms with E-state index in [4.69, 9.17) is 23.2 Å². The molecule has 0 saturated heterocycles. The van der Waals surface area contributed by atoms with Gasteiger partial charge in [-0.3, -0.25) is 14.9 Å². The maximum Gasteiger partial charge on any atom is 0.293 e. The Balaban J connectivity index is 1.92. The molecule has 0 heterocycles. The van der Waals surface area contributed by atoms with Crippen LogP contribution in [0.1, 0.15) is 12.8 Å². The molecule has 2 N–H and O–H groups in total. The summed E-state index contributed by atoms with van der Waals surface area (Å²) in [4.78, 5) is 21.8. The molecule has 2 rings (SSSR count). The Labute approximate surface area is 125 Å². The Bertz CT molecular complexity index is 547. The van der Waals surface area contributed by atoms with Crippen LogP contribution in [0.25, 0.3) is 0 Å². The fourth-order valence-electron chi connectivity index (χ4n) is 1.70. The van der Waals surface area contributed by atoms with Crippen molar-refractivity contribution in [1.82, 2.24) is 5.32 Å². The van der Waals surface area contributed by atoms with E-state index in [0.717, 1.165) is 12.8 Å². The van der Waals surface area contributed by atoms with E-state index in [1.165, 1.54) is 12.1 Å². The first-order valence-corrected chi connectivity index (χ1v) is 6.89. The Hall–Kier alpha value is -1.53. The van der Waals surface area contributed by atoms with Crippen LogP contribution < -0.4 is 10.6 Å². The molecule has 1 amide bonds. The van der Waals surface area contributed by atoms with E-state index in [9.17, 15) is 14.9 Å². The molecule has 108 valence electrons. The third-order valence-electron chi connectivity index (χ3n) is 2.92. The number of nitro groups is 1. The second-order valence-electron chi connectivity index (χ2n) is 4.53. The van der Waals surface area contributed by atoms with Gasteiger partial charge in [-0.1, -0.05) is 23.2 Å². The second-order valence-corrected chi connectivity index (χ2v) is 5.35. The Kier molecular flexibility index (Phi) is 4.67. The summed E-state index contributed by atoms with van der Waals surface area (Å²) < 4.78 is 0. The number of rotatable bonds is 6. The quantitative estimate of drug-likeness (QED) is 0.480. The molecule has 6 nitrogen and oxygen atoms in total. The number of hydrogen-bond donors (Lipinski definition) is 2. The lowest BCUT2D eigenvalue weighted by molar-refractivity contribution is -0.383. The smallest absolute Gasteiger partial charge is 0.293 e. The predicted molar refractivity (Wildman–Crippen MR) is 77.3 cm³/mol. The van der Waals surface area contributed by atoms with Crippen LogP contribution in [0.3, 0.4) is 0 Å². The highest BCUT2D eigenvalue weighted by atomic mass is 35.5. The van der Waals surface area contributed by atoms with Crippen LogP contribution in [0.4, 0.5) is 11.4 Å². The SMILES string of the molecule is O=C(NCCNc1cc(Cl)c(Cl)cc1[N+](=O)[O-])C1CC1. The van der Waals surface area contributed by atoms with Crippen LogP contribution >= 0.6 is 23.2 Å². The fourth-order valence-corrected chi connectivity index (χ4v) is 2.02. The topological polar surface area (TPSA) is 84.3 Å². The average molecular weight is 318 g/mol. The summed E-state index contributed by atoms with van der Waals surface area (Å²) in [6, 6.07) is 2.61. The van der Waals surface area contributed by atoms with E-state index >= 15 is 0 Å². The highest BCUT2D eigenvalue weighted by molar-refractivity contribution is 6.42. The fraction of sp³-hybridized carbons (Fsp3) is 0.417. The normalized spacial score (nSPS) is 13.9. The van der Waals surface area contributed by atoms with Crippen LogP contribution in [-0.2, 0) is 4.79 Å². The van der Waals surface area contributed by atoms with Gasteiger partial charge in [0.05, 0.1) is 15.0 Å². The van der Waals surface area contributed by atoms with Gasteiger partial charge in [-0.2, -0.15) is 0 Å². The molecule has 1 aromatic rings. The average Bonchev–Trinajstić information content (AvgIpc) is 3.22. The standard InChI is InChI=1S/C12H13Cl2N3O3/c13-8-5-10(11(17(19)20)6-9(8)14)15-3-4-16-12(18)7-1-2-7/h5-7,15H,1-4H2,(H,16,18). The largest absolute Gasteiger partial charge is 0.378 e. The lowest BCUT2D eigenvalue weighted by Crippen LogP contribution is -2.29. The van der Waals surface area contributed by atoms with Gasteiger partial charge in [0.1, 0.15) is 5.69 Å². The minimum absolute atomic E-state index is 0.0374. The van der Waals surface area contributed by atoms with Gasteiger partial charge in [-0.05, 0) is 18.9 Å². The van der Waals surface area contributed by atoms with Crippen molar-refractivity contribution in [2.45, 2.75) is 12.8 Å². The monoisotopic (exact) mass is 317 g/mol. The van der Waals surface area contributed by atoms with Crippen molar-refractivity contribution < 1.29 is 9.72 Å². The lowest BCUT2D eigenvalue weighted by Gasteiger charge is -2.09. The number of nitrogens with one attached hydrogen (secondary N) is 2. The molecule has 0 aromatic heterocycles. The number of nitrogens with zero attached hydrogens (tertiary/aromatic N) is 1. The molecule has 0 unspecified atom stereocenters. The zero-order chi connectivity index (χ0) is 14.7. The zero-order valence-electron chi connectivity index (χ0n) is 10.5. The van der Waals surface area contributed by atoms with Crippen molar-refractivity contribution in [2.24, 2.45) is 5.92 Å². The first kappa shape index (κ1) is 14.9. The minimum atomic E-state index is -0.534. The van der Waals surface area contributed by atoms with E-state index in [-0.39, 0.29) is 33.2 Å². The van der Waals surface area contributed by atoms with Gasteiger partial charge in [0.15, 0.2) is 0 Å². The van der Waals surface area contributed by atoms with Gasteiger partial charge in [-0.15, -0.1) is 0 Å². The summed E-state index contributed by atoms with van der Waals surface area (Å²) >= 11 is 11.6. The molecule has 1 fully saturated rings. The molecule has 1 aromatic carbocycles. The molecule has 1 saturated carbocycles. The number of benzene rings is 1. The van der Waals surface area contributed by atoms with E-state index in [1.54, 1.807) is 0 Å². The Morgan fingerprint density at radius 3 is 2.55 bits per heavy atom. The number of nitro benzene ring substituents is 1. The van der Waals surface area contributed by atoms with Crippen molar-refractivity contribution in [3.63, 3.8) is 0 Å². The van der Waals surface area contributed by atoms with Crippen LogP contribution in [0.15, 0.2) is 12.1 Å². The van der Waals surface area contributed by atoms with Gasteiger partial charge in [0, 0.05) is 25.1 Å². The number of halogens is 2. The lowest BCUT2D eigenvalue weighted by atomic mass is 10.2. The molecule has 20 heavy (non-hydrogen) atoms. The number of carbonyl (C=O) groups is 1. The van der Waals surface area contributed by atoms with Crippen molar-refractivity contribution in [3.05, 3.63) is 32.3 Å². The maximum absolute atomic E-state index is 11.4. The third kappa shape index (κ3) is 3.74. The number of carbonyl (C=O) groups excluding carboxylic acids is 1. The summed E-state index contributed by atoms with van der Waals surface area (Å²) in [7, 11) is 0. The van der Waals surface area contributed by atoms with Crippen molar-refractivity contribution in [1.29, 1.82) is 0 Å². The zero-order valence-corrected chi connectivity index (χ0v) is 12.0. The van der Waals surface area contributed by atoms with Gasteiger partial charge >= 0.3 is 0 Å². The summed E-state index contributed by atoms with van der Waals surface area (Å²) in [6.07, 6.45) is 1.88. The first-order valence-electron chi connectivity index (χ1n) is 6.14. The molecule has 0 bridgehead atoms. The minimum Gasteiger partial charge on any atom is -0.378 e. The predicted octanol–water partition coefficient (Wildman–Crippen LogP) is 2.84. The number of hydrogen-bond acceptors (Lipinski definition) is 4. The number of amides is 1. The van der Waals surface area contributed by atoms with Crippen LogP contribution in [0, 0.1) is 16.0 Å². The van der Waals surface area contributed by atoms with Gasteiger partial charge in [-0.25, -0.2) is 0 Å². The Morgan fingerprint density at radius 2 is 1.95 bits per heavy atom. The van der Waals surface area contributed by atoms with Crippen LogP contribution in [0.2, 0.25) is 10.0 Å². The molecule has 1 aliphatic carbocycles. The van der Waals surface area contributed by atoms with Crippen LogP contribution in [0.5, 0.6) is 0 Å². The third-order valence-corrected chi connectivity index (χ3v) is 3.65. The maximum atomic E-state index is 11.4. The highest BCUT2D eigenvalue weighted by Gasteiger charge is 2.29. The second kappa shape index (κ2) is 6.28. The molecular formula is C12H13Cl2N3O3. The molecular weight excluding hydrogens is 305 g/mol. The number of anilines is 1. The van der Waals surface area contributed by atoms with E-state index in [0.29, 0.717) is 13.1 Å². The van der Waals surface area contributed by atoms with Crippen molar-refractivity contribution >= 4 is 40.5 Å². The van der Waals surface area contributed by atoms with Gasteiger partial charge in [0.25, 0.3) is 5.69 Å². The summed E-state index contributed by atoms with van der Waals surface area (Å²) in [5.74, 6) is 0.185. The van der Waals surface area contributed by atoms with Crippen molar-refractivity contribution in [3.8, 4) is 0 Å². The van der Waals surface area contributed by atoms with E-state index in [2.05, 4.69) is 10.6 Å². The molecule has 8 heteroatoms. The van der Waals surface area contributed by atoms with E-state index in [1.807, 2.05) is 0 Å². The molecule has 0 radical (unpaired) electrons. The van der Waals surface area contributed by atoms with Gasteiger partial charge in [0.2, 0.25) is 5.91 Å². The molecule has 0 aliphatic heterocycles. The van der Waals surface area contributed by atoms with Crippen LogP contribution in [-0.4, -0.2) is 23.9 Å². The van der Waals surface area contributed by atoms with Gasteiger partial charge < -0.3 is 10.6 Å².